The number of aromatic nitrogens is 3. The van der Waals surface area contributed by atoms with Crippen LogP contribution in [0.3, 0.4) is 0 Å². The van der Waals surface area contributed by atoms with Gasteiger partial charge in [0.25, 0.3) is 0 Å². The summed E-state index contributed by atoms with van der Waals surface area (Å²) in [4.78, 5) is 0. The molecular weight excluding hydrogens is 246 g/mol. The Hall–Kier alpha value is -1.59. The molecule has 0 spiro atoms. The Morgan fingerprint density at radius 3 is 2.72 bits per heavy atom. The highest BCUT2D eigenvalue weighted by atomic mass is 32.2. The van der Waals surface area contributed by atoms with Crippen molar-refractivity contribution in [2.75, 3.05) is 5.75 Å². The van der Waals surface area contributed by atoms with Gasteiger partial charge in [0.05, 0.1) is 0 Å². The van der Waals surface area contributed by atoms with Gasteiger partial charge in [-0.15, -0.1) is 10.2 Å². The zero-order valence-electron chi connectivity index (χ0n) is 10.2. The molecule has 0 amide bonds. The summed E-state index contributed by atoms with van der Waals surface area (Å²) in [5, 5.41) is 17.7. The third kappa shape index (κ3) is 3.21. The maximum Gasteiger partial charge on any atom is 0.191 e. The number of aliphatic hydroxyl groups excluding tert-OH is 1. The average Bonchev–Trinajstić information content (AvgIpc) is 2.77. The van der Waals surface area contributed by atoms with E-state index < -0.39 is 0 Å². The van der Waals surface area contributed by atoms with Gasteiger partial charge in [-0.3, -0.25) is 0 Å². The van der Waals surface area contributed by atoms with Gasteiger partial charge in [0.1, 0.15) is 6.61 Å². The Bertz CT molecular complexity index is 522. The standard InChI is InChI=1S/C13H15N3OS/c1-16-12(10-17)14-15-13(16)18-9-5-8-11-6-3-2-4-7-11/h2-8,17H,9-10H2,1H3. The van der Waals surface area contributed by atoms with Crippen molar-refractivity contribution in [2.45, 2.75) is 11.8 Å². The molecule has 0 aliphatic rings. The van der Waals surface area contributed by atoms with E-state index in [1.807, 2.05) is 25.2 Å². The Labute approximate surface area is 110 Å². The lowest BCUT2D eigenvalue weighted by Gasteiger charge is -1.99. The van der Waals surface area contributed by atoms with Gasteiger partial charge < -0.3 is 9.67 Å². The minimum absolute atomic E-state index is 0.0794. The number of rotatable bonds is 5. The van der Waals surface area contributed by atoms with Crippen molar-refractivity contribution in [3.8, 4) is 0 Å². The molecule has 0 fully saturated rings. The van der Waals surface area contributed by atoms with Crippen LogP contribution in [0.5, 0.6) is 0 Å². The van der Waals surface area contributed by atoms with E-state index >= 15 is 0 Å². The van der Waals surface area contributed by atoms with E-state index in [0.29, 0.717) is 5.82 Å². The number of benzene rings is 1. The van der Waals surface area contributed by atoms with Crippen LogP contribution in [0.25, 0.3) is 6.08 Å². The molecule has 5 heteroatoms. The van der Waals surface area contributed by atoms with E-state index in [0.717, 1.165) is 10.9 Å². The molecule has 0 aliphatic carbocycles. The average molecular weight is 261 g/mol. The lowest BCUT2D eigenvalue weighted by molar-refractivity contribution is 0.266. The van der Waals surface area contributed by atoms with Crippen molar-refractivity contribution in [1.29, 1.82) is 0 Å². The van der Waals surface area contributed by atoms with Crippen LogP contribution in [0.2, 0.25) is 0 Å². The molecule has 0 aliphatic heterocycles. The molecule has 0 unspecified atom stereocenters. The highest BCUT2D eigenvalue weighted by Crippen LogP contribution is 2.16. The van der Waals surface area contributed by atoms with Crippen LogP contribution in [0, 0.1) is 0 Å². The number of aliphatic hydroxyl groups is 1. The molecule has 1 aromatic carbocycles. The normalized spacial score (nSPS) is 11.2. The van der Waals surface area contributed by atoms with Crippen LogP contribution in [-0.2, 0) is 13.7 Å². The van der Waals surface area contributed by atoms with Crippen molar-refractivity contribution in [2.24, 2.45) is 7.05 Å². The molecule has 4 nitrogen and oxygen atoms in total. The zero-order valence-corrected chi connectivity index (χ0v) is 11.0. The molecule has 2 aromatic rings. The summed E-state index contributed by atoms with van der Waals surface area (Å²) in [6.45, 7) is -0.0794. The molecule has 94 valence electrons. The van der Waals surface area contributed by atoms with E-state index in [9.17, 15) is 0 Å². The number of thioether (sulfide) groups is 1. The number of hydrogen-bond acceptors (Lipinski definition) is 4. The second-order valence-corrected chi connectivity index (χ2v) is 4.73. The topological polar surface area (TPSA) is 50.9 Å². The summed E-state index contributed by atoms with van der Waals surface area (Å²) in [7, 11) is 1.86. The molecule has 1 aromatic heterocycles. The lowest BCUT2D eigenvalue weighted by Crippen LogP contribution is -1.98. The van der Waals surface area contributed by atoms with E-state index in [-0.39, 0.29) is 6.61 Å². The van der Waals surface area contributed by atoms with Crippen molar-refractivity contribution in [3.63, 3.8) is 0 Å². The van der Waals surface area contributed by atoms with Crippen molar-refractivity contribution in [3.05, 3.63) is 47.8 Å². The van der Waals surface area contributed by atoms with E-state index in [1.165, 1.54) is 5.56 Å². The van der Waals surface area contributed by atoms with Gasteiger partial charge in [-0.05, 0) is 5.56 Å². The van der Waals surface area contributed by atoms with Crippen LogP contribution in [-0.4, -0.2) is 25.6 Å². The summed E-state index contributed by atoms with van der Waals surface area (Å²) in [5.74, 6) is 1.41. The van der Waals surface area contributed by atoms with Crippen molar-refractivity contribution < 1.29 is 5.11 Å². The Morgan fingerprint density at radius 1 is 1.28 bits per heavy atom. The van der Waals surface area contributed by atoms with Gasteiger partial charge >= 0.3 is 0 Å². The van der Waals surface area contributed by atoms with Gasteiger partial charge in [-0.25, -0.2) is 0 Å². The molecule has 1 heterocycles. The summed E-state index contributed by atoms with van der Waals surface area (Å²) in [5.41, 5.74) is 1.19. The first-order valence-corrected chi connectivity index (χ1v) is 6.63. The van der Waals surface area contributed by atoms with E-state index in [2.05, 4.69) is 34.5 Å². The number of nitrogens with zero attached hydrogens (tertiary/aromatic N) is 3. The highest BCUT2D eigenvalue weighted by Gasteiger charge is 2.06. The van der Waals surface area contributed by atoms with Gasteiger partial charge in [-0.2, -0.15) is 0 Å². The second kappa shape index (κ2) is 6.37. The smallest absolute Gasteiger partial charge is 0.191 e. The highest BCUT2D eigenvalue weighted by molar-refractivity contribution is 7.99. The minimum atomic E-state index is -0.0794. The minimum Gasteiger partial charge on any atom is -0.388 e. The first-order valence-electron chi connectivity index (χ1n) is 5.65. The Kier molecular flexibility index (Phi) is 4.55. The molecule has 2 rings (SSSR count). The molecule has 0 saturated carbocycles. The molecule has 0 radical (unpaired) electrons. The van der Waals surface area contributed by atoms with Crippen LogP contribution in [0.1, 0.15) is 11.4 Å². The predicted octanol–water partition coefficient (Wildman–Crippen LogP) is 2.11. The maximum atomic E-state index is 9.01. The molecule has 0 saturated heterocycles. The maximum absolute atomic E-state index is 9.01. The third-order valence-electron chi connectivity index (χ3n) is 2.49. The molecule has 18 heavy (non-hydrogen) atoms. The Balaban J connectivity index is 1.89. The van der Waals surface area contributed by atoms with Gasteiger partial charge in [0, 0.05) is 12.8 Å². The summed E-state index contributed by atoms with van der Waals surface area (Å²) in [6, 6.07) is 10.2. The molecule has 1 N–H and O–H groups in total. The zero-order chi connectivity index (χ0) is 12.8. The van der Waals surface area contributed by atoms with Crippen molar-refractivity contribution >= 4 is 17.8 Å². The fraction of sp³-hybridized carbons (Fsp3) is 0.231. The summed E-state index contributed by atoms with van der Waals surface area (Å²) < 4.78 is 1.81. The second-order valence-electron chi connectivity index (χ2n) is 3.74. The van der Waals surface area contributed by atoms with Gasteiger partial charge in [0.2, 0.25) is 0 Å². The van der Waals surface area contributed by atoms with E-state index in [4.69, 9.17) is 5.11 Å². The summed E-state index contributed by atoms with van der Waals surface area (Å²) in [6.07, 6.45) is 4.17. The van der Waals surface area contributed by atoms with Crippen LogP contribution in [0.4, 0.5) is 0 Å². The van der Waals surface area contributed by atoms with Crippen LogP contribution >= 0.6 is 11.8 Å². The lowest BCUT2D eigenvalue weighted by atomic mass is 10.2. The fourth-order valence-corrected chi connectivity index (χ4v) is 2.22. The van der Waals surface area contributed by atoms with Crippen molar-refractivity contribution in [1.82, 2.24) is 14.8 Å². The number of hydrogen-bond donors (Lipinski definition) is 1. The SMILES string of the molecule is Cn1c(CO)nnc1SCC=Cc1ccccc1. The monoisotopic (exact) mass is 261 g/mol. The largest absolute Gasteiger partial charge is 0.388 e. The molecular formula is C13H15N3OS. The third-order valence-corrected chi connectivity index (χ3v) is 3.46. The van der Waals surface area contributed by atoms with Crippen LogP contribution in [0.15, 0.2) is 41.6 Å². The Morgan fingerprint density at radius 2 is 2.06 bits per heavy atom. The first kappa shape index (κ1) is 12.9. The molecule has 0 atom stereocenters. The van der Waals surface area contributed by atoms with Gasteiger partial charge in [-0.1, -0.05) is 54.2 Å². The van der Waals surface area contributed by atoms with E-state index in [1.54, 1.807) is 16.3 Å². The molecule has 0 bridgehead atoms. The quantitative estimate of drug-likeness (QED) is 0.838. The first-order chi connectivity index (χ1) is 8.81. The summed E-state index contributed by atoms with van der Waals surface area (Å²) >= 11 is 1.59. The van der Waals surface area contributed by atoms with Crippen LogP contribution < -0.4 is 0 Å². The predicted molar refractivity (Wildman–Crippen MR) is 73.1 cm³/mol. The fourth-order valence-electron chi connectivity index (χ4n) is 1.48. The van der Waals surface area contributed by atoms with Gasteiger partial charge in [0.15, 0.2) is 11.0 Å².